The SMILES string of the molecule is NC(=O)c1cc(NC(=O)[C@H]2C[C@@]23CCCc2ccccc23)c[nH]1. The van der Waals surface area contributed by atoms with Gasteiger partial charge in [-0.3, -0.25) is 9.59 Å². The van der Waals surface area contributed by atoms with E-state index >= 15 is 0 Å². The fourth-order valence-electron chi connectivity index (χ4n) is 4.01. The number of aromatic amines is 1. The number of primary amides is 1. The van der Waals surface area contributed by atoms with E-state index in [4.69, 9.17) is 5.73 Å². The fraction of sp³-hybridized carbons (Fsp3) is 0.333. The first kappa shape index (κ1) is 14.1. The average molecular weight is 309 g/mol. The Morgan fingerprint density at radius 1 is 1.30 bits per heavy atom. The zero-order chi connectivity index (χ0) is 16.0. The Balaban J connectivity index is 1.52. The molecule has 2 aliphatic carbocycles. The quantitative estimate of drug-likeness (QED) is 0.812. The number of aryl methyl sites for hydroxylation is 1. The van der Waals surface area contributed by atoms with Crippen molar-refractivity contribution < 1.29 is 9.59 Å². The van der Waals surface area contributed by atoms with Crippen LogP contribution >= 0.6 is 0 Å². The van der Waals surface area contributed by atoms with Crippen LogP contribution in [0.25, 0.3) is 0 Å². The van der Waals surface area contributed by atoms with Crippen molar-refractivity contribution in [3.8, 4) is 0 Å². The zero-order valence-electron chi connectivity index (χ0n) is 12.8. The summed E-state index contributed by atoms with van der Waals surface area (Å²) < 4.78 is 0. The van der Waals surface area contributed by atoms with E-state index in [1.807, 2.05) is 0 Å². The molecule has 1 aromatic heterocycles. The Kier molecular flexibility index (Phi) is 3.04. The molecule has 1 fully saturated rings. The summed E-state index contributed by atoms with van der Waals surface area (Å²) in [5.41, 5.74) is 8.85. The van der Waals surface area contributed by atoms with E-state index in [-0.39, 0.29) is 17.2 Å². The predicted molar refractivity (Wildman–Crippen MR) is 87.1 cm³/mol. The molecule has 4 N–H and O–H groups in total. The maximum Gasteiger partial charge on any atom is 0.265 e. The van der Waals surface area contributed by atoms with Crippen LogP contribution in [0.3, 0.4) is 0 Å². The van der Waals surface area contributed by atoms with E-state index in [0.717, 1.165) is 25.7 Å². The van der Waals surface area contributed by atoms with Gasteiger partial charge in [0.15, 0.2) is 0 Å². The first-order valence-corrected chi connectivity index (χ1v) is 7.98. The van der Waals surface area contributed by atoms with Gasteiger partial charge in [-0.05, 0) is 42.9 Å². The Bertz CT molecular complexity index is 795. The van der Waals surface area contributed by atoms with Gasteiger partial charge in [0, 0.05) is 17.5 Å². The molecule has 1 heterocycles. The molecule has 5 nitrogen and oxygen atoms in total. The van der Waals surface area contributed by atoms with Gasteiger partial charge in [-0.1, -0.05) is 24.3 Å². The Labute approximate surface area is 134 Å². The van der Waals surface area contributed by atoms with Crippen molar-refractivity contribution in [1.29, 1.82) is 0 Å². The van der Waals surface area contributed by atoms with E-state index < -0.39 is 5.91 Å². The van der Waals surface area contributed by atoms with Crippen LogP contribution in [-0.2, 0) is 16.6 Å². The second kappa shape index (κ2) is 4.98. The Hall–Kier alpha value is -2.56. The summed E-state index contributed by atoms with van der Waals surface area (Å²) in [4.78, 5) is 26.5. The molecule has 2 atom stereocenters. The summed E-state index contributed by atoms with van der Waals surface area (Å²) in [6.07, 6.45) is 5.81. The van der Waals surface area contributed by atoms with Gasteiger partial charge in [0.25, 0.3) is 5.91 Å². The smallest absolute Gasteiger partial charge is 0.265 e. The molecule has 1 spiro atoms. The van der Waals surface area contributed by atoms with E-state index in [9.17, 15) is 9.59 Å². The zero-order valence-corrected chi connectivity index (χ0v) is 12.8. The van der Waals surface area contributed by atoms with Gasteiger partial charge >= 0.3 is 0 Å². The summed E-state index contributed by atoms with van der Waals surface area (Å²) >= 11 is 0. The third-order valence-electron chi connectivity index (χ3n) is 5.23. The van der Waals surface area contributed by atoms with Crippen LogP contribution in [0.4, 0.5) is 5.69 Å². The van der Waals surface area contributed by atoms with Crippen molar-refractivity contribution in [2.45, 2.75) is 31.1 Å². The van der Waals surface area contributed by atoms with Gasteiger partial charge in [-0.25, -0.2) is 0 Å². The number of nitrogens with one attached hydrogen (secondary N) is 2. The monoisotopic (exact) mass is 309 g/mol. The lowest BCUT2D eigenvalue weighted by Gasteiger charge is -2.26. The minimum atomic E-state index is -0.533. The van der Waals surface area contributed by atoms with Gasteiger partial charge < -0.3 is 16.0 Å². The van der Waals surface area contributed by atoms with Crippen LogP contribution in [0.5, 0.6) is 0 Å². The molecule has 0 aliphatic heterocycles. The molecule has 0 radical (unpaired) electrons. The van der Waals surface area contributed by atoms with Crippen LogP contribution in [0.15, 0.2) is 36.5 Å². The summed E-state index contributed by atoms with van der Waals surface area (Å²) in [6, 6.07) is 10.0. The number of anilines is 1. The molecule has 2 aliphatic rings. The topological polar surface area (TPSA) is 88.0 Å². The molecule has 1 aromatic carbocycles. The molecule has 0 bridgehead atoms. The highest BCUT2D eigenvalue weighted by Gasteiger charge is 2.60. The van der Waals surface area contributed by atoms with Gasteiger partial charge in [-0.2, -0.15) is 0 Å². The molecule has 4 rings (SSSR count). The number of carbonyl (C=O) groups is 2. The number of rotatable bonds is 3. The van der Waals surface area contributed by atoms with Crippen molar-refractivity contribution in [2.75, 3.05) is 5.32 Å². The van der Waals surface area contributed by atoms with Crippen molar-refractivity contribution in [1.82, 2.24) is 4.98 Å². The number of hydrogen-bond donors (Lipinski definition) is 3. The van der Waals surface area contributed by atoms with Gasteiger partial charge in [0.1, 0.15) is 5.69 Å². The minimum Gasteiger partial charge on any atom is -0.364 e. The van der Waals surface area contributed by atoms with Crippen molar-refractivity contribution >= 4 is 17.5 Å². The number of fused-ring (bicyclic) bond motifs is 2. The molecular weight excluding hydrogens is 290 g/mol. The van der Waals surface area contributed by atoms with Crippen molar-refractivity contribution in [3.05, 3.63) is 53.3 Å². The van der Waals surface area contributed by atoms with Gasteiger partial charge in [0.2, 0.25) is 5.91 Å². The lowest BCUT2D eigenvalue weighted by Crippen LogP contribution is -2.24. The first-order chi connectivity index (χ1) is 11.1. The highest BCUT2D eigenvalue weighted by Crippen LogP contribution is 2.60. The van der Waals surface area contributed by atoms with Crippen LogP contribution in [0.1, 0.15) is 40.9 Å². The van der Waals surface area contributed by atoms with E-state index in [0.29, 0.717) is 11.4 Å². The molecule has 23 heavy (non-hydrogen) atoms. The third kappa shape index (κ3) is 2.23. The summed E-state index contributed by atoms with van der Waals surface area (Å²) in [5.74, 6) is -0.498. The van der Waals surface area contributed by atoms with Crippen molar-refractivity contribution in [3.63, 3.8) is 0 Å². The lowest BCUT2D eigenvalue weighted by molar-refractivity contribution is -0.117. The average Bonchev–Trinajstić information content (AvgIpc) is 3.06. The first-order valence-electron chi connectivity index (χ1n) is 7.98. The number of amides is 2. The molecule has 5 heteroatoms. The minimum absolute atomic E-state index is 0.0101. The predicted octanol–water partition coefficient (Wildman–Crippen LogP) is 2.35. The molecule has 1 saturated carbocycles. The number of H-pyrrole nitrogens is 1. The molecule has 2 amide bonds. The van der Waals surface area contributed by atoms with Crippen LogP contribution in [-0.4, -0.2) is 16.8 Å². The van der Waals surface area contributed by atoms with Crippen molar-refractivity contribution in [2.24, 2.45) is 11.7 Å². The fourth-order valence-corrected chi connectivity index (χ4v) is 4.01. The number of benzene rings is 1. The molecule has 0 unspecified atom stereocenters. The van der Waals surface area contributed by atoms with E-state index in [1.54, 1.807) is 12.3 Å². The Morgan fingerprint density at radius 2 is 2.13 bits per heavy atom. The summed E-state index contributed by atoms with van der Waals surface area (Å²) in [7, 11) is 0. The highest BCUT2D eigenvalue weighted by molar-refractivity contribution is 5.98. The maximum absolute atomic E-state index is 12.6. The van der Waals surface area contributed by atoms with E-state index in [1.165, 1.54) is 11.1 Å². The number of hydrogen-bond acceptors (Lipinski definition) is 2. The van der Waals surface area contributed by atoms with Crippen LogP contribution in [0.2, 0.25) is 0 Å². The normalized spacial score (nSPS) is 25.0. The highest BCUT2D eigenvalue weighted by atomic mass is 16.2. The van der Waals surface area contributed by atoms with Gasteiger partial charge in [-0.15, -0.1) is 0 Å². The second-order valence-corrected chi connectivity index (χ2v) is 6.58. The number of aromatic nitrogens is 1. The summed E-state index contributed by atoms with van der Waals surface area (Å²) in [6.45, 7) is 0. The van der Waals surface area contributed by atoms with Gasteiger partial charge in [0.05, 0.1) is 5.69 Å². The largest absolute Gasteiger partial charge is 0.364 e. The third-order valence-corrected chi connectivity index (χ3v) is 5.23. The Morgan fingerprint density at radius 3 is 2.91 bits per heavy atom. The van der Waals surface area contributed by atoms with Crippen LogP contribution < -0.4 is 11.1 Å². The molecule has 0 saturated heterocycles. The molecular formula is C18H19N3O2. The van der Waals surface area contributed by atoms with Crippen LogP contribution in [0, 0.1) is 5.92 Å². The molecule has 2 aromatic rings. The lowest BCUT2D eigenvalue weighted by atomic mass is 9.78. The van der Waals surface area contributed by atoms with E-state index in [2.05, 4.69) is 34.6 Å². The molecule has 118 valence electrons. The number of nitrogens with two attached hydrogens (primary N) is 1. The number of carbonyl (C=O) groups excluding carboxylic acids is 2. The second-order valence-electron chi connectivity index (χ2n) is 6.58. The standard InChI is InChI=1S/C18H19N3O2/c19-16(22)15-8-12(10-20-15)21-17(23)14-9-18(14)7-3-5-11-4-1-2-6-13(11)18/h1-2,4,6,8,10,14,20H,3,5,7,9H2,(H2,19,22)(H,21,23)/t14-,18-/m1/s1. The summed E-state index contributed by atoms with van der Waals surface area (Å²) in [5, 5.41) is 2.90. The maximum atomic E-state index is 12.6.